The quantitative estimate of drug-likeness (QED) is 0.523. The first-order chi connectivity index (χ1) is 4.36. The fourth-order valence-corrected chi connectivity index (χ4v) is 2.48. The van der Waals surface area contributed by atoms with Gasteiger partial charge in [-0.05, 0) is 35.5 Å². The van der Waals surface area contributed by atoms with Crippen LogP contribution in [-0.4, -0.2) is 4.43 Å². The van der Waals surface area contributed by atoms with E-state index in [0.717, 1.165) is 11.8 Å². The van der Waals surface area contributed by atoms with Crippen molar-refractivity contribution in [3.8, 4) is 0 Å². The lowest BCUT2D eigenvalue weighted by molar-refractivity contribution is 0.185. The first-order valence-electron chi connectivity index (χ1n) is 3.92. The van der Waals surface area contributed by atoms with Gasteiger partial charge >= 0.3 is 0 Å². The third-order valence-electron chi connectivity index (χ3n) is 2.43. The van der Waals surface area contributed by atoms with Crippen molar-refractivity contribution >= 4 is 22.6 Å². The van der Waals surface area contributed by atoms with Gasteiger partial charge in [0.15, 0.2) is 0 Å². The Morgan fingerprint density at radius 1 is 1.33 bits per heavy atom. The number of rotatable bonds is 3. The Morgan fingerprint density at radius 3 is 2.44 bits per heavy atom. The van der Waals surface area contributed by atoms with Crippen LogP contribution in [0, 0.1) is 11.8 Å². The summed E-state index contributed by atoms with van der Waals surface area (Å²) in [5, 5.41) is 0. The van der Waals surface area contributed by atoms with E-state index in [2.05, 4.69) is 29.5 Å². The topological polar surface area (TPSA) is 0 Å². The zero-order valence-electron chi connectivity index (χ0n) is 6.07. The van der Waals surface area contributed by atoms with Crippen LogP contribution in [0.2, 0.25) is 0 Å². The maximum atomic E-state index is 2.48. The molecule has 1 heteroatoms. The van der Waals surface area contributed by atoms with E-state index in [1.54, 1.807) is 0 Å². The fraction of sp³-hybridized carbons (Fsp3) is 1.00. The van der Waals surface area contributed by atoms with Gasteiger partial charge in [-0.15, -0.1) is 0 Å². The summed E-state index contributed by atoms with van der Waals surface area (Å²) in [4.78, 5) is 0. The van der Waals surface area contributed by atoms with Gasteiger partial charge in [-0.3, -0.25) is 0 Å². The van der Waals surface area contributed by atoms with Crippen molar-refractivity contribution in [1.29, 1.82) is 0 Å². The molecule has 9 heavy (non-hydrogen) atoms. The van der Waals surface area contributed by atoms with E-state index < -0.39 is 0 Å². The Balaban J connectivity index is 1.98. The van der Waals surface area contributed by atoms with Gasteiger partial charge in [-0.2, -0.15) is 0 Å². The average molecular weight is 238 g/mol. The van der Waals surface area contributed by atoms with Crippen LogP contribution in [0.5, 0.6) is 0 Å². The molecule has 0 atom stereocenters. The molecule has 1 aliphatic carbocycles. The summed E-state index contributed by atoms with van der Waals surface area (Å²) in [5.74, 6) is 2.20. The smallest absolute Gasteiger partial charge is 0.000209 e. The zero-order valence-corrected chi connectivity index (χ0v) is 8.23. The molecule has 0 saturated heterocycles. The molecule has 54 valence electrons. The molecule has 0 aromatic rings. The van der Waals surface area contributed by atoms with Crippen molar-refractivity contribution in [3.63, 3.8) is 0 Å². The molecule has 0 amide bonds. The molecule has 0 aromatic heterocycles. The van der Waals surface area contributed by atoms with Crippen molar-refractivity contribution in [2.75, 3.05) is 4.43 Å². The number of hydrogen-bond donors (Lipinski definition) is 0. The van der Waals surface area contributed by atoms with Crippen molar-refractivity contribution in [3.05, 3.63) is 0 Å². The molecule has 0 spiro atoms. The van der Waals surface area contributed by atoms with Crippen LogP contribution < -0.4 is 0 Å². The minimum atomic E-state index is 1.10. The number of alkyl halides is 1. The maximum Gasteiger partial charge on any atom is -0.000209 e. The molecule has 0 heterocycles. The van der Waals surface area contributed by atoms with E-state index >= 15 is 0 Å². The van der Waals surface area contributed by atoms with Crippen LogP contribution in [0.1, 0.15) is 32.6 Å². The first-order valence-corrected chi connectivity index (χ1v) is 5.45. The minimum absolute atomic E-state index is 1.10. The van der Waals surface area contributed by atoms with Crippen LogP contribution in [0.4, 0.5) is 0 Å². The summed E-state index contributed by atoms with van der Waals surface area (Å²) >= 11 is 2.48. The van der Waals surface area contributed by atoms with E-state index in [9.17, 15) is 0 Å². The fourth-order valence-electron chi connectivity index (χ4n) is 1.60. The van der Waals surface area contributed by atoms with Crippen LogP contribution in [-0.2, 0) is 0 Å². The standard InChI is InChI=1S/C8H15I/c1-2-7-5-8(6-7)3-4-9/h7-8H,2-6H2,1H3. The first kappa shape index (κ1) is 7.83. The predicted octanol–water partition coefficient (Wildman–Crippen LogP) is 3.25. The molecule has 0 nitrogen and oxygen atoms in total. The van der Waals surface area contributed by atoms with Gasteiger partial charge < -0.3 is 0 Å². The van der Waals surface area contributed by atoms with Crippen LogP contribution in [0.3, 0.4) is 0 Å². The molecule has 0 N–H and O–H groups in total. The normalized spacial score (nSPS) is 34.0. The third kappa shape index (κ3) is 2.10. The third-order valence-corrected chi connectivity index (χ3v) is 3.05. The lowest BCUT2D eigenvalue weighted by Crippen LogP contribution is -2.22. The van der Waals surface area contributed by atoms with Crippen LogP contribution >= 0.6 is 22.6 Å². The zero-order chi connectivity index (χ0) is 6.69. The van der Waals surface area contributed by atoms with E-state index in [4.69, 9.17) is 0 Å². The molecular weight excluding hydrogens is 223 g/mol. The summed E-state index contributed by atoms with van der Waals surface area (Å²) in [6.45, 7) is 2.31. The number of halogens is 1. The van der Waals surface area contributed by atoms with Crippen LogP contribution in [0.15, 0.2) is 0 Å². The summed E-state index contributed by atoms with van der Waals surface area (Å²) in [5.41, 5.74) is 0. The van der Waals surface area contributed by atoms with Crippen molar-refractivity contribution < 1.29 is 0 Å². The van der Waals surface area contributed by atoms with Crippen LogP contribution in [0.25, 0.3) is 0 Å². The molecule has 1 aliphatic rings. The highest BCUT2D eigenvalue weighted by Gasteiger charge is 2.26. The highest BCUT2D eigenvalue weighted by atomic mass is 127. The highest BCUT2D eigenvalue weighted by molar-refractivity contribution is 14.1. The second-order valence-electron chi connectivity index (χ2n) is 3.09. The Bertz CT molecular complexity index is 74.6. The largest absolute Gasteiger partial charge is 0.0864 e. The second kappa shape index (κ2) is 3.79. The summed E-state index contributed by atoms with van der Waals surface area (Å²) < 4.78 is 1.36. The van der Waals surface area contributed by atoms with E-state index in [-0.39, 0.29) is 0 Å². The van der Waals surface area contributed by atoms with Gasteiger partial charge in [0.1, 0.15) is 0 Å². The second-order valence-corrected chi connectivity index (χ2v) is 4.17. The van der Waals surface area contributed by atoms with E-state index in [0.29, 0.717) is 0 Å². The Kier molecular flexibility index (Phi) is 3.30. The molecule has 1 rings (SSSR count). The SMILES string of the molecule is CCC1CC(CCI)C1. The molecule has 1 fully saturated rings. The van der Waals surface area contributed by atoms with Gasteiger partial charge in [0.25, 0.3) is 0 Å². The molecule has 0 aliphatic heterocycles. The highest BCUT2D eigenvalue weighted by Crippen LogP contribution is 2.38. The van der Waals surface area contributed by atoms with E-state index in [1.165, 1.54) is 30.1 Å². The Morgan fingerprint density at radius 2 is 2.00 bits per heavy atom. The number of hydrogen-bond acceptors (Lipinski definition) is 0. The van der Waals surface area contributed by atoms with Gasteiger partial charge in [0.2, 0.25) is 0 Å². The van der Waals surface area contributed by atoms with Gasteiger partial charge in [0.05, 0.1) is 0 Å². The predicted molar refractivity (Wildman–Crippen MR) is 50.0 cm³/mol. The van der Waals surface area contributed by atoms with Crippen molar-refractivity contribution in [1.82, 2.24) is 0 Å². The lowest BCUT2D eigenvalue weighted by Gasteiger charge is -2.34. The lowest BCUT2D eigenvalue weighted by atomic mass is 9.72. The Hall–Kier alpha value is 0.730. The molecule has 0 unspecified atom stereocenters. The molecule has 1 saturated carbocycles. The van der Waals surface area contributed by atoms with Gasteiger partial charge in [-0.1, -0.05) is 35.9 Å². The summed E-state index contributed by atoms with van der Waals surface area (Å²) in [6, 6.07) is 0. The average Bonchev–Trinajstić information content (AvgIpc) is 1.77. The minimum Gasteiger partial charge on any atom is -0.0864 e. The van der Waals surface area contributed by atoms with Crippen molar-refractivity contribution in [2.45, 2.75) is 32.6 Å². The maximum absolute atomic E-state index is 2.48. The van der Waals surface area contributed by atoms with E-state index in [1.807, 2.05) is 0 Å². The van der Waals surface area contributed by atoms with Gasteiger partial charge in [0, 0.05) is 0 Å². The molecular formula is C8H15I. The van der Waals surface area contributed by atoms with Crippen molar-refractivity contribution in [2.24, 2.45) is 11.8 Å². The molecule has 0 radical (unpaired) electrons. The van der Waals surface area contributed by atoms with Gasteiger partial charge in [-0.25, -0.2) is 0 Å². The molecule has 0 bridgehead atoms. The summed E-state index contributed by atoms with van der Waals surface area (Å²) in [6.07, 6.45) is 5.94. The monoisotopic (exact) mass is 238 g/mol. The Labute approximate surface area is 71.5 Å². The molecule has 0 aromatic carbocycles. The summed E-state index contributed by atoms with van der Waals surface area (Å²) in [7, 11) is 0.